The highest BCUT2D eigenvalue weighted by molar-refractivity contribution is 7.09. The van der Waals surface area contributed by atoms with Crippen LogP contribution in [0.5, 0.6) is 5.88 Å². The van der Waals surface area contributed by atoms with Gasteiger partial charge in [-0.15, -0.1) is 11.3 Å². The molecule has 1 atom stereocenters. The van der Waals surface area contributed by atoms with E-state index in [0.29, 0.717) is 36.2 Å². The molecular weight excluding hydrogens is 324 g/mol. The molecule has 0 aliphatic carbocycles. The lowest BCUT2D eigenvalue weighted by Gasteiger charge is -2.12. The van der Waals surface area contributed by atoms with Crippen molar-refractivity contribution in [2.24, 2.45) is 0 Å². The van der Waals surface area contributed by atoms with E-state index in [9.17, 15) is 4.79 Å². The molecule has 0 unspecified atom stereocenters. The summed E-state index contributed by atoms with van der Waals surface area (Å²) in [4.78, 5) is 17.3. The lowest BCUT2D eigenvalue weighted by molar-refractivity contribution is 0.0950. The van der Waals surface area contributed by atoms with Gasteiger partial charge in [-0.2, -0.15) is 0 Å². The number of pyridine rings is 1. The molecule has 2 aromatic rings. The molecule has 0 radical (unpaired) electrons. The largest absolute Gasteiger partial charge is 0.471 e. The smallest absolute Gasteiger partial charge is 0.253 e. The lowest BCUT2D eigenvalue weighted by atomic mass is 10.2. The number of thiophene rings is 1. The fraction of sp³-hybridized carbons (Fsp3) is 0.333. The average molecular weight is 339 g/mol. The second-order valence-electron chi connectivity index (χ2n) is 4.88. The number of carbonyl (C=O) groups excluding carboxylic acids is 1. The Labute approximate surface area is 137 Å². The minimum atomic E-state index is -0.210. The highest BCUT2D eigenvalue weighted by Gasteiger charge is 2.20. The van der Waals surface area contributed by atoms with Gasteiger partial charge in [0.15, 0.2) is 0 Å². The minimum absolute atomic E-state index is 0.0245. The lowest BCUT2D eigenvalue weighted by Crippen LogP contribution is -2.23. The van der Waals surface area contributed by atoms with Gasteiger partial charge in [0, 0.05) is 17.5 Å². The van der Waals surface area contributed by atoms with Crippen LogP contribution in [0.2, 0.25) is 5.02 Å². The van der Waals surface area contributed by atoms with E-state index in [1.807, 2.05) is 17.5 Å². The van der Waals surface area contributed by atoms with E-state index in [1.165, 1.54) is 6.20 Å². The molecule has 7 heteroatoms. The second kappa shape index (κ2) is 7.09. The van der Waals surface area contributed by atoms with Crippen molar-refractivity contribution < 1.29 is 14.3 Å². The Morgan fingerprint density at radius 3 is 3.18 bits per heavy atom. The number of hydrogen-bond acceptors (Lipinski definition) is 5. The van der Waals surface area contributed by atoms with Crippen LogP contribution in [-0.2, 0) is 11.3 Å². The van der Waals surface area contributed by atoms with Crippen molar-refractivity contribution in [3.05, 3.63) is 45.2 Å². The number of ether oxygens (including phenoxy) is 2. The zero-order valence-electron chi connectivity index (χ0n) is 11.8. The highest BCUT2D eigenvalue weighted by atomic mass is 35.5. The summed E-state index contributed by atoms with van der Waals surface area (Å²) in [5.74, 6) is 0.130. The van der Waals surface area contributed by atoms with E-state index < -0.39 is 0 Å². The molecule has 1 N–H and O–H groups in total. The Kier molecular flexibility index (Phi) is 4.92. The number of rotatable bonds is 5. The summed E-state index contributed by atoms with van der Waals surface area (Å²) < 4.78 is 10.9. The molecule has 5 nitrogen and oxygen atoms in total. The van der Waals surface area contributed by atoms with Gasteiger partial charge in [0.1, 0.15) is 11.1 Å². The summed E-state index contributed by atoms with van der Waals surface area (Å²) >= 11 is 7.74. The van der Waals surface area contributed by atoms with Crippen molar-refractivity contribution in [1.29, 1.82) is 0 Å². The SMILES string of the molecule is O=C(NCc1cccs1)c1cnc(O[C@H]2CCOC2)c(Cl)c1. The predicted octanol–water partition coefficient (Wildman–Crippen LogP) is 2.89. The fourth-order valence-electron chi connectivity index (χ4n) is 2.08. The first-order valence-corrected chi connectivity index (χ1v) is 8.18. The minimum Gasteiger partial charge on any atom is -0.471 e. The van der Waals surface area contributed by atoms with Crippen molar-refractivity contribution in [3.63, 3.8) is 0 Å². The topological polar surface area (TPSA) is 60.5 Å². The predicted molar refractivity (Wildman–Crippen MR) is 84.6 cm³/mol. The molecule has 1 fully saturated rings. The first kappa shape index (κ1) is 15.3. The molecular formula is C15H15ClN2O3S. The van der Waals surface area contributed by atoms with Crippen molar-refractivity contribution in [3.8, 4) is 5.88 Å². The molecule has 0 bridgehead atoms. The first-order chi connectivity index (χ1) is 10.7. The maximum absolute atomic E-state index is 12.1. The van der Waals surface area contributed by atoms with E-state index in [0.717, 1.165) is 11.3 Å². The molecule has 0 spiro atoms. The van der Waals surface area contributed by atoms with Crippen molar-refractivity contribution >= 4 is 28.8 Å². The number of halogens is 1. The number of hydrogen-bond donors (Lipinski definition) is 1. The van der Waals surface area contributed by atoms with Crippen LogP contribution in [0.1, 0.15) is 21.7 Å². The van der Waals surface area contributed by atoms with Crippen LogP contribution in [0, 0.1) is 0 Å². The number of nitrogens with one attached hydrogen (secondary N) is 1. The van der Waals surface area contributed by atoms with Gasteiger partial charge in [-0.3, -0.25) is 4.79 Å². The summed E-state index contributed by atoms with van der Waals surface area (Å²) in [6.07, 6.45) is 2.27. The molecule has 1 aliphatic rings. The van der Waals surface area contributed by atoms with E-state index >= 15 is 0 Å². The zero-order chi connectivity index (χ0) is 15.4. The van der Waals surface area contributed by atoms with Crippen LogP contribution < -0.4 is 10.1 Å². The Balaban J connectivity index is 1.61. The molecule has 1 saturated heterocycles. The van der Waals surface area contributed by atoms with Gasteiger partial charge in [0.2, 0.25) is 5.88 Å². The van der Waals surface area contributed by atoms with Gasteiger partial charge >= 0.3 is 0 Å². The molecule has 2 aromatic heterocycles. The summed E-state index contributed by atoms with van der Waals surface area (Å²) in [6.45, 7) is 1.72. The zero-order valence-corrected chi connectivity index (χ0v) is 13.3. The number of carbonyl (C=O) groups is 1. The van der Waals surface area contributed by atoms with Gasteiger partial charge in [0.05, 0.1) is 25.3 Å². The number of amides is 1. The van der Waals surface area contributed by atoms with Crippen LogP contribution >= 0.6 is 22.9 Å². The van der Waals surface area contributed by atoms with Crippen LogP contribution in [0.25, 0.3) is 0 Å². The molecule has 116 valence electrons. The Morgan fingerprint density at radius 2 is 2.50 bits per heavy atom. The maximum atomic E-state index is 12.1. The summed E-state index contributed by atoms with van der Waals surface area (Å²) in [5.41, 5.74) is 0.413. The van der Waals surface area contributed by atoms with E-state index in [4.69, 9.17) is 21.1 Å². The summed E-state index contributed by atoms with van der Waals surface area (Å²) in [5, 5.41) is 5.13. The first-order valence-electron chi connectivity index (χ1n) is 6.93. The monoisotopic (exact) mass is 338 g/mol. The summed E-state index contributed by atoms with van der Waals surface area (Å²) in [6, 6.07) is 5.49. The molecule has 22 heavy (non-hydrogen) atoms. The van der Waals surface area contributed by atoms with Gasteiger partial charge in [-0.05, 0) is 17.5 Å². The third kappa shape index (κ3) is 3.76. The highest BCUT2D eigenvalue weighted by Crippen LogP contribution is 2.25. The molecule has 3 rings (SSSR count). The number of nitrogens with zero attached hydrogens (tertiary/aromatic N) is 1. The maximum Gasteiger partial charge on any atom is 0.253 e. The normalized spacial score (nSPS) is 17.4. The Bertz CT molecular complexity index is 642. The average Bonchev–Trinajstić information content (AvgIpc) is 3.20. The van der Waals surface area contributed by atoms with E-state index in [-0.39, 0.29) is 12.0 Å². The third-order valence-electron chi connectivity index (χ3n) is 3.24. The van der Waals surface area contributed by atoms with E-state index in [2.05, 4.69) is 10.3 Å². The van der Waals surface area contributed by atoms with Gasteiger partial charge in [0.25, 0.3) is 5.91 Å². The van der Waals surface area contributed by atoms with Crippen LogP contribution in [0.4, 0.5) is 0 Å². The third-order valence-corrected chi connectivity index (χ3v) is 4.39. The number of aromatic nitrogens is 1. The second-order valence-corrected chi connectivity index (χ2v) is 6.32. The molecule has 3 heterocycles. The van der Waals surface area contributed by atoms with Gasteiger partial charge < -0.3 is 14.8 Å². The van der Waals surface area contributed by atoms with Crippen molar-refractivity contribution in [2.45, 2.75) is 19.1 Å². The summed E-state index contributed by atoms with van der Waals surface area (Å²) in [7, 11) is 0. The van der Waals surface area contributed by atoms with Gasteiger partial charge in [-0.1, -0.05) is 17.7 Å². The van der Waals surface area contributed by atoms with Crippen molar-refractivity contribution in [2.75, 3.05) is 13.2 Å². The Hall–Kier alpha value is -1.63. The van der Waals surface area contributed by atoms with Crippen LogP contribution in [0.15, 0.2) is 29.8 Å². The standard InChI is InChI=1S/C15H15ClN2O3S/c16-13-6-10(14(19)17-8-12-2-1-5-22-12)7-18-15(13)21-11-3-4-20-9-11/h1-2,5-7,11H,3-4,8-9H2,(H,17,19)/t11-/m0/s1. The molecule has 1 aliphatic heterocycles. The Morgan fingerprint density at radius 1 is 1.59 bits per heavy atom. The molecule has 0 aromatic carbocycles. The molecule has 1 amide bonds. The van der Waals surface area contributed by atoms with Crippen molar-refractivity contribution in [1.82, 2.24) is 10.3 Å². The van der Waals surface area contributed by atoms with E-state index in [1.54, 1.807) is 17.4 Å². The quantitative estimate of drug-likeness (QED) is 0.910. The van der Waals surface area contributed by atoms with Crippen LogP contribution in [-0.4, -0.2) is 30.2 Å². The fourth-order valence-corrected chi connectivity index (χ4v) is 2.94. The molecule has 0 saturated carbocycles. The van der Waals surface area contributed by atoms with Crippen LogP contribution in [0.3, 0.4) is 0 Å². The van der Waals surface area contributed by atoms with Gasteiger partial charge in [-0.25, -0.2) is 4.98 Å².